The van der Waals surface area contributed by atoms with Gasteiger partial charge in [0.2, 0.25) is 0 Å². The van der Waals surface area contributed by atoms with Gasteiger partial charge in [-0.25, -0.2) is 0 Å². The Morgan fingerprint density at radius 2 is 2.29 bits per heavy atom. The van der Waals surface area contributed by atoms with Crippen molar-refractivity contribution in [1.29, 1.82) is 0 Å². The van der Waals surface area contributed by atoms with Crippen LogP contribution in [-0.4, -0.2) is 11.0 Å². The van der Waals surface area contributed by atoms with Crippen LogP contribution < -0.4 is 5.32 Å². The molecule has 2 atom stereocenters. The second-order valence-corrected chi connectivity index (χ2v) is 3.87. The van der Waals surface area contributed by atoms with Gasteiger partial charge < -0.3 is 0 Å². The fraction of sp³-hybridized carbons (Fsp3) is 0.385. The van der Waals surface area contributed by atoms with Gasteiger partial charge in [-0.15, -0.1) is 6.42 Å². The van der Waals surface area contributed by atoms with Crippen molar-refractivity contribution in [3.05, 3.63) is 39.9 Å². The quantitative estimate of drug-likeness (QED) is 0.482. The predicted octanol–water partition coefficient (Wildman–Crippen LogP) is 2.66. The number of nitrogens with zero attached hydrogens (tertiary/aromatic N) is 1. The van der Waals surface area contributed by atoms with Crippen molar-refractivity contribution in [2.45, 2.75) is 32.4 Å². The maximum Gasteiger partial charge on any atom is 0.269 e. The SMILES string of the molecule is C#CC(CC)NC(C)c1cccc([N+](=O)[O-])c1. The van der Waals surface area contributed by atoms with Gasteiger partial charge in [-0.05, 0) is 18.9 Å². The number of nitro benzene ring substituents is 1. The van der Waals surface area contributed by atoms with Crippen LogP contribution in [-0.2, 0) is 0 Å². The monoisotopic (exact) mass is 232 g/mol. The van der Waals surface area contributed by atoms with Crippen LogP contribution >= 0.6 is 0 Å². The molecule has 1 rings (SSSR count). The third kappa shape index (κ3) is 3.58. The zero-order chi connectivity index (χ0) is 12.8. The predicted molar refractivity (Wildman–Crippen MR) is 67.6 cm³/mol. The molecule has 0 heterocycles. The van der Waals surface area contributed by atoms with Crippen molar-refractivity contribution in [3.63, 3.8) is 0 Å². The standard InChI is InChI=1S/C13H16N2O2/c1-4-12(5-2)14-10(3)11-7-6-8-13(9-11)15(16)17/h1,6-10,12,14H,5H2,2-3H3. The normalized spacial score (nSPS) is 13.7. The van der Waals surface area contributed by atoms with Crippen molar-refractivity contribution in [2.24, 2.45) is 0 Å². The van der Waals surface area contributed by atoms with Crippen LogP contribution in [0.1, 0.15) is 31.9 Å². The summed E-state index contributed by atoms with van der Waals surface area (Å²) >= 11 is 0. The van der Waals surface area contributed by atoms with Crippen molar-refractivity contribution < 1.29 is 4.92 Å². The van der Waals surface area contributed by atoms with Crippen LogP contribution in [0.15, 0.2) is 24.3 Å². The Hall–Kier alpha value is -1.86. The lowest BCUT2D eigenvalue weighted by Crippen LogP contribution is -2.29. The third-order valence-electron chi connectivity index (χ3n) is 2.64. The van der Waals surface area contributed by atoms with E-state index in [1.54, 1.807) is 12.1 Å². The number of benzene rings is 1. The number of rotatable bonds is 5. The first kappa shape index (κ1) is 13.2. The molecule has 2 unspecified atom stereocenters. The first-order valence-corrected chi connectivity index (χ1v) is 5.55. The van der Waals surface area contributed by atoms with E-state index in [1.807, 2.05) is 19.9 Å². The lowest BCUT2D eigenvalue weighted by Gasteiger charge is -2.18. The summed E-state index contributed by atoms with van der Waals surface area (Å²) in [5.74, 6) is 2.64. The molecule has 90 valence electrons. The van der Waals surface area contributed by atoms with Gasteiger partial charge in [-0.3, -0.25) is 15.4 Å². The lowest BCUT2D eigenvalue weighted by atomic mass is 10.1. The molecule has 0 saturated carbocycles. The Kier molecular flexibility index (Phi) is 4.68. The highest BCUT2D eigenvalue weighted by Crippen LogP contribution is 2.19. The van der Waals surface area contributed by atoms with E-state index in [4.69, 9.17) is 6.42 Å². The van der Waals surface area contributed by atoms with Gasteiger partial charge in [0.25, 0.3) is 5.69 Å². The largest absolute Gasteiger partial charge is 0.297 e. The van der Waals surface area contributed by atoms with Crippen molar-refractivity contribution in [3.8, 4) is 12.3 Å². The molecular weight excluding hydrogens is 216 g/mol. The second-order valence-electron chi connectivity index (χ2n) is 3.87. The Morgan fingerprint density at radius 3 is 2.82 bits per heavy atom. The lowest BCUT2D eigenvalue weighted by molar-refractivity contribution is -0.384. The van der Waals surface area contributed by atoms with Crippen LogP contribution in [0, 0.1) is 22.5 Å². The fourth-order valence-electron chi connectivity index (χ4n) is 1.59. The molecule has 4 heteroatoms. The highest BCUT2D eigenvalue weighted by molar-refractivity contribution is 5.35. The summed E-state index contributed by atoms with van der Waals surface area (Å²) in [5, 5.41) is 13.9. The molecule has 0 aromatic heterocycles. The Bertz CT molecular complexity index is 437. The number of non-ortho nitro benzene ring substituents is 1. The average molecular weight is 232 g/mol. The van der Waals surface area contributed by atoms with Gasteiger partial charge in [0.15, 0.2) is 0 Å². The molecule has 1 N–H and O–H groups in total. The molecule has 0 spiro atoms. The van der Waals surface area contributed by atoms with Crippen LogP contribution in [0.5, 0.6) is 0 Å². The van der Waals surface area contributed by atoms with Crippen LogP contribution in [0.3, 0.4) is 0 Å². The van der Waals surface area contributed by atoms with Gasteiger partial charge in [-0.2, -0.15) is 0 Å². The zero-order valence-electron chi connectivity index (χ0n) is 10.0. The second kappa shape index (κ2) is 6.02. The Balaban J connectivity index is 2.82. The number of nitro groups is 1. The molecule has 0 aliphatic rings. The minimum absolute atomic E-state index is 0.00380. The van der Waals surface area contributed by atoms with E-state index in [9.17, 15) is 10.1 Å². The maximum atomic E-state index is 10.7. The van der Waals surface area contributed by atoms with Crippen LogP contribution in [0.25, 0.3) is 0 Å². The van der Waals surface area contributed by atoms with E-state index in [1.165, 1.54) is 6.07 Å². The number of hydrogen-bond acceptors (Lipinski definition) is 3. The summed E-state index contributed by atoms with van der Waals surface area (Å²) in [5.41, 5.74) is 0.970. The summed E-state index contributed by atoms with van der Waals surface area (Å²) in [6, 6.07) is 6.58. The van der Waals surface area contributed by atoms with Gasteiger partial charge in [-0.1, -0.05) is 25.0 Å². The first-order chi connectivity index (χ1) is 8.08. The van der Waals surface area contributed by atoms with Gasteiger partial charge in [0, 0.05) is 18.2 Å². The van der Waals surface area contributed by atoms with Gasteiger partial charge >= 0.3 is 0 Å². The minimum Gasteiger partial charge on any atom is -0.297 e. The van der Waals surface area contributed by atoms with Crippen molar-refractivity contribution >= 4 is 5.69 Å². The number of nitrogens with one attached hydrogen (secondary N) is 1. The maximum absolute atomic E-state index is 10.7. The molecule has 0 fully saturated rings. The van der Waals surface area contributed by atoms with E-state index >= 15 is 0 Å². The smallest absolute Gasteiger partial charge is 0.269 e. The molecule has 0 amide bonds. The molecule has 1 aromatic carbocycles. The molecule has 0 bridgehead atoms. The van der Waals surface area contributed by atoms with Crippen LogP contribution in [0.2, 0.25) is 0 Å². The Morgan fingerprint density at radius 1 is 1.59 bits per heavy atom. The van der Waals surface area contributed by atoms with Crippen LogP contribution in [0.4, 0.5) is 5.69 Å². The van der Waals surface area contributed by atoms with E-state index in [-0.39, 0.29) is 17.8 Å². The van der Waals surface area contributed by atoms with Crippen molar-refractivity contribution in [2.75, 3.05) is 0 Å². The van der Waals surface area contributed by atoms with Gasteiger partial charge in [0.05, 0.1) is 11.0 Å². The summed E-state index contributed by atoms with van der Waals surface area (Å²) in [6.45, 7) is 3.94. The highest BCUT2D eigenvalue weighted by atomic mass is 16.6. The summed E-state index contributed by atoms with van der Waals surface area (Å²) in [7, 11) is 0. The van der Waals surface area contributed by atoms with Crippen molar-refractivity contribution in [1.82, 2.24) is 5.32 Å². The topological polar surface area (TPSA) is 55.2 Å². The first-order valence-electron chi connectivity index (χ1n) is 5.55. The molecule has 0 radical (unpaired) electrons. The molecule has 4 nitrogen and oxygen atoms in total. The fourth-order valence-corrected chi connectivity index (χ4v) is 1.59. The van der Waals surface area contributed by atoms with E-state index in [0.29, 0.717) is 0 Å². The average Bonchev–Trinajstić information content (AvgIpc) is 2.35. The molecule has 0 saturated heterocycles. The minimum atomic E-state index is -0.394. The summed E-state index contributed by atoms with van der Waals surface area (Å²) < 4.78 is 0. The van der Waals surface area contributed by atoms with E-state index in [0.717, 1.165) is 12.0 Å². The number of hydrogen-bond donors (Lipinski definition) is 1. The molecule has 17 heavy (non-hydrogen) atoms. The van der Waals surface area contributed by atoms with E-state index < -0.39 is 4.92 Å². The Labute approximate surface area is 101 Å². The molecular formula is C13H16N2O2. The van der Waals surface area contributed by atoms with Gasteiger partial charge in [0.1, 0.15) is 0 Å². The zero-order valence-corrected chi connectivity index (χ0v) is 10.0. The molecule has 1 aromatic rings. The number of terminal acetylenes is 1. The molecule has 0 aliphatic carbocycles. The molecule has 0 aliphatic heterocycles. The highest BCUT2D eigenvalue weighted by Gasteiger charge is 2.12. The third-order valence-corrected chi connectivity index (χ3v) is 2.64. The summed E-state index contributed by atoms with van der Waals surface area (Å²) in [6.07, 6.45) is 6.20. The van der Waals surface area contributed by atoms with E-state index in [2.05, 4.69) is 11.2 Å². The summed E-state index contributed by atoms with van der Waals surface area (Å²) in [4.78, 5) is 10.3.